The minimum atomic E-state index is 0.543. The van der Waals surface area contributed by atoms with Gasteiger partial charge in [-0.05, 0) is 42.9 Å². The van der Waals surface area contributed by atoms with Crippen molar-refractivity contribution in [2.24, 2.45) is 11.7 Å². The molecule has 0 aliphatic rings. The van der Waals surface area contributed by atoms with E-state index in [2.05, 4.69) is 24.3 Å². The predicted octanol–water partition coefficient (Wildman–Crippen LogP) is 2.15. The average Bonchev–Trinajstić information content (AvgIpc) is 2.49. The molecule has 2 unspecified atom stereocenters. The summed E-state index contributed by atoms with van der Waals surface area (Å²) < 4.78 is 4.26. The monoisotopic (exact) mass is 184 g/mol. The van der Waals surface area contributed by atoms with Gasteiger partial charge in [0.05, 0.1) is 5.69 Å². The van der Waals surface area contributed by atoms with Crippen molar-refractivity contribution < 1.29 is 0 Å². The summed E-state index contributed by atoms with van der Waals surface area (Å²) in [6, 6.07) is 2.15. The molecule has 0 aromatic carbocycles. The van der Waals surface area contributed by atoms with E-state index in [9.17, 15) is 0 Å². The second-order valence-electron chi connectivity index (χ2n) is 3.37. The lowest BCUT2D eigenvalue weighted by molar-refractivity contribution is 0.505. The summed E-state index contributed by atoms with van der Waals surface area (Å²) in [6.07, 6.45) is 0. The minimum Gasteiger partial charge on any atom is -0.330 e. The molecule has 0 spiro atoms. The van der Waals surface area contributed by atoms with Gasteiger partial charge in [-0.1, -0.05) is 13.8 Å². The third-order valence-electron chi connectivity index (χ3n) is 2.32. The highest BCUT2D eigenvalue weighted by molar-refractivity contribution is 7.05. The zero-order valence-corrected chi connectivity index (χ0v) is 8.69. The van der Waals surface area contributed by atoms with Gasteiger partial charge in [-0.15, -0.1) is 0 Å². The topological polar surface area (TPSA) is 38.9 Å². The second kappa shape index (κ2) is 4.01. The van der Waals surface area contributed by atoms with Crippen LogP contribution in [0.25, 0.3) is 0 Å². The zero-order valence-electron chi connectivity index (χ0n) is 7.87. The van der Waals surface area contributed by atoms with Crippen molar-refractivity contribution in [3.05, 3.63) is 16.6 Å². The van der Waals surface area contributed by atoms with Gasteiger partial charge in [0, 0.05) is 4.88 Å². The number of hydrogen-bond acceptors (Lipinski definition) is 3. The highest BCUT2D eigenvalue weighted by Gasteiger charge is 2.14. The minimum absolute atomic E-state index is 0.543. The number of hydrogen-bond donors (Lipinski definition) is 1. The third kappa shape index (κ3) is 2.05. The van der Waals surface area contributed by atoms with Gasteiger partial charge in [-0.2, -0.15) is 4.37 Å². The van der Waals surface area contributed by atoms with E-state index in [1.165, 1.54) is 4.88 Å². The lowest BCUT2D eigenvalue weighted by Crippen LogP contribution is -2.16. The molecule has 1 rings (SSSR count). The molecule has 1 aromatic heterocycles. The molecular formula is C9H16N2S. The average molecular weight is 184 g/mol. The van der Waals surface area contributed by atoms with Gasteiger partial charge in [0.2, 0.25) is 0 Å². The molecular weight excluding hydrogens is 168 g/mol. The van der Waals surface area contributed by atoms with Crippen molar-refractivity contribution >= 4 is 11.5 Å². The molecule has 2 N–H and O–H groups in total. The van der Waals surface area contributed by atoms with Crippen molar-refractivity contribution in [2.45, 2.75) is 26.7 Å². The van der Waals surface area contributed by atoms with Gasteiger partial charge in [0.15, 0.2) is 0 Å². The summed E-state index contributed by atoms with van der Waals surface area (Å²) >= 11 is 1.60. The lowest BCUT2D eigenvalue weighted by Gasteiger charge is -2.15. The summed E-state index contributed by atoms with van der Waals surface area (Å²) in [5.74, 6) is 1.09. The van der Waals surface area contributed by atoms with Crippen molar-refractivity contribution in [3.8, 4) is 0 Å². The normalized spacial score (nSPS) is 16.0. The summed E-state index contributed by atoms with van der Waals surface area (Å²) in [6.45, 7) is 7.17. The van der Waals surface area contributed by atoms with Gasteiger partial charge in [-0.25, -0.2) is 0 Å². The number of aryl methyl sites for hydroxylation is 1. The maximum Gasteiger partial charge on any atom is 0.0514 e. The smallest absolute Gasteiger partial charge is 0.0514 e. The zero-order chi connectivity index (χ0) is 9.14. The maximum atomic E-state index is 5.60. The fraction of sp³-hybridized carbons (Fsp3) is 0.667. The Morgan fingerprint density at radius 3 is 2.67 bits per heavy atom. The van der Waals surface area contributed by atoms with Crippen LogP contribution in [0.3, 0.4) is 0 Å². The Balaban J connectivity index is 2.70. The Hall–Kier alpha value is -0.410. The Labute approximate surface area is 78.0 Å². The molecule has 0 bridgehead atoms. The molecule has 2 nitrogen and oxygen atoms in total. The Morgan fingerprint density at radius 1 is 1.58 bits per heavy atom. The van der Waals surface area contributed by atoms with Crippen LogP contribution in [-0.2, 0) is 0 Å². The van der Waals surface area contributed by atoms with Gasteiger partial charge in [0.1, 0.15) is 0 Å². The molecule has 0 saturated heterocycles. The van der Waals surface area contributed by atoms with E-state index in [1.807, 2.05) is 6.92 Å². The molecule has 1 aromatic rings. The number of nitrogens with two attached hydrogens (primary N) is 1. The molecule has 0 aliphatic carbocycles. The number of nitrogens with zero attached hydrogens (tertiary/aromatic N) is 1. The van der Waals surface area contributed by atoms with E-state index in [4.69, 9.17) is 5.73 Å². The molecule has 12 heavy (non-hydrogen) atoms. The molecule has 0 fully saturated rings. The first kappa shape index (κ1) is 9.68. The van der Waals surface area contributed by atoms with E-state index in [0.29, 0.717) is 11.8 Å². The highest BCUT2D eigenvalue weighted by atomic mass is 32.1. The maximum absolute atomic E-state index is 5.60. The number of rotatable bonds is 3. The first-order chi connectivity index (χ1) is 5.65. The Kier molecular flexibility index (Phi) is 3.23. The molecule has 0 amide bonds. The molecule has 0 saturated carbocycles. The second-order valence-corrected chi connectivity index (χ2v) is 4.21. The molecule has 68 valence electrons. The fourth-order valence-electron chi connectivity index (χ4n) is 1.08. The predicted molar refractivity (Wildman–Crippen MR) is 53.5 cm³/mol. The Morgan fingerprint density at radius 2 is 2.25 bits per heavy atom. The SMILES string of the molecule is Cc1cc(C(C)C(C)CN)sn1. The van der Waals surface area contributed by atoms with E-state index < -0.39 is 0 Å². The van der Waals surface area contributed by atoms with Gasteiger partial charge in [-0.3, -0.25) is 0 Å². The van der Waals surface area contributed by atoms with Gasteiger partial charge in [0.25, 0.3) is 0 Å². The van der Waals surface area contributed by atoms with E-state index in [-0.39, 0.29) is 0 Å². The molecule has 3 heteroatoms. The molecule has 1 heterocycles. The van der Waals surface area contributed by atoms with Crippen LogP contribution in [0.1, 0.15) is 30.3 Å². The number of aromatic nitrogens is 1. The molecule has 0 radical (unpaired) electrons. The summed E-state index contributed by atoms with van der Waals surface area (Å²) in [4.78, 5) is 1.35. The summed E-state index contributed by atoms with van der Waals surface area (Å²) in [5, 5.41) is 0. The third-order valence-corrected chi connectivity index (χ3v) is 3.40. The fourth-order valence-corrected chi connectivity index (χ4v) is 2.01. The first-order valence-electron chi connectivity index (χ1n) is 4.28. The standard InChI is InChI=1S/C9H16N2S/c1-6(5-10)8(3)9-4-7(2)11-12-9/h4,6,8H,5,10H2,1-3H3. The molecule has 0 aliphatic heterocycles. The Bertz CT molecular complexity index is 244. The van der Waals surface area contributed by atoms with Crippen molar-refractivity contribution in [1.29, 1.82) is 0 Å². The van der Waals surface area contributed by atoms with Crippen LogP contribution < -0.4 is 5.73 Å². The van der Waals surface area contributed by atoms with E-state index in [1.54, 1.807) is 11.5 Å². The van der Waals surface area contributed by atoms with E-state index >= 15 is 0 Å². The quantitative estimate of drug-likeness (QED) is 0.781. The van der Waals surface area contributed by atoms with Crippen LogP contribution >= 0.6 is 11.5 Å². The van der Waals surface area contributed by atoms with Crippen LogP contribution in [0, 0.1) is 12.8 Å². The van der Waals surface area contributed by atoms with Crippen LogP contribution in [0.15, 0.2) is 6.07 Å². The summed E-state index contributed by atoms with van der Waals surface area (Å²) in [5.41, 5.74) is 6.72. The van der Waals surface area contributed by atoms with Crippen molar-refractivity contribution in [2.75, 3.05) is 6.54 Å². The van der Waals surface area contributed by atoms with Gasteiger partial charge >= 0.3 is 0 Å². The van der Waals surface area contributed by atoms with Crippen molar-refractivity contribution in [3.63, 3.8) is 0 Å². The van der Waals surface area contributed by atoms with Crippen LogP contribution in [0.5, 0.6) is 0 Å². The van der Waals surface area contributed by atoms with Crippen molar-refractivity contribution in [1.82, 2.24) is 4.37 Å². The van der Waals surface area contributed by atoms with Gasteiger partial charge < -0.3 is 5.73 Å². The van der Waals surface area contributed by atoms with Crippen LogP contribution in [0.4, 0.5) is 0 Å². The van der Waals surface area contributed by atoms with E-state index in [0.717, 1.165) is 12.2 Å². The lowest BCUT2D eigenvalue weighted by atomic mass is 9.95. The largest absolute Gasteiger partial charge is 0.330 e. The molecule has 2 atom stereocenters. The highest BCUT2D eigenvalue weighted by Crippen LogP contribution is 2.26. The van der Waals surface area contributed by atoms with Crippen LogP contribution in [-0.4, -0.2) is 10.9 Å². The summed E-state index contributed by atoms with van der Waals surface area (Å²) in [7, 11) is 0. The first-order valence-corrected chi connectivity index (χ1v) is 5.05. The van der Waals surface area contributed by atoms with Crippen LogP contribution in [0.2, 0.25) is 0 Å².